The lowest BCUT2D eigenvalue weighted by molar-refractivity contribution is -0.130. The van der Waals surface area contributed by atoms with E-state index in [-0.39, 0.29) is 28.9 Å². The number of hydrogen-bond acceptors (Lipinski definition) is 7. The van der Waals surface area contributed by atoms with E-state index in [4.69, 9.17) is 0 Å². The summed E-state index contributed by atoms with van der Waals surface area (Å²) in [6.07, 6.45) is 3.10. The fourth-order valence-electron chi connectivity index (χ4n) is 7.25. The van der Waals surface area contributed by atoms with Gasteiger partial charge in [0.25, 0.3) is 11.5 Å². The Bertz CT molecular complexity index is 2210. The fourth-order valence-corrected chi connectivity index (χ4v) is 7.25. The molecule has 0 spiro atoms. The van der Waals surface area contributed by atoms with Crippen molar-refractivity contribution in [1.82, 2.24) is 39.0 Å². The van der Waals surface area contributed by atoms with Crippen LogP contribution in [-0.2, 0) is 18.4 Å². The monoisotopic (exact) mass is 692 g/mol. The average Bonchev–Trinajstić information content (AvgIpc) is 3.47. The molecule has 1 aliphatic carbocycles. The van der Waals surface area contributed by atoms with Gasteiger partial charge in [0, 0.05) is 64.5 Å². The minimum absolute atomic E-state index is 0.0226. The summed E-state index contributed by atoms with van der Waals surface area (Å²) >= 11 is 0. The Kier molecular flexibility index (Phi) is 9.38. The summed E-state index contributed by atoms with van der Waals surface area (Å²) in [4.78, 5) is 61.0. The molecule has 0 bridgehead atoms. The molecule has 5 aromatic rings. The molecule has 12 nitrogen and oxygen atoms in total. The van der Waals surface area contributed by atoms with E-state index in [1.54, 1.807) is 30.8 Å². The lowest BCUT2D eigenvalue weighted by Gasteiger charge is -2.34. The zero-order valence-electron chi connectivity index (χ0n) is 29.0. The third-order valence-electron chi connectivity index (χ3n) is 10.3. The number of piperazine rings is 1. The van der Waals surface area contributed by atoms with Crippen molar-refractivity contribution >= 4 is 22.8 Å². The van der Waals surface area contributed by atoms with Crippen molar-refractivity contribution in [2.45, 2.75) is 58.2 Å². The molecule has 2 amide bonds. The first kappa shape index (κ1) is 34.0. The molecule has 264 valence electrons. The number of nitrogens with zero attached hydrogens (tertiary/aromatic N) is 7. The summed E-state index contributed by atoms with van der Waals surface area (Å²) in [5.74, 6) is -0.810. The second kappa shape index (κ2) is 14.1. The van der Waals surface area contributed by atoms with Gasteiger partial charge in [0.1, 0.15) is 11.5 Å². The van der Waals surface area contributed by atoms with Crippen LogP contribution < -0.4 is 16.6 Å². The molecule has 7 rings (SSSR count). The quantitative estimate of drug-likeness (QED) is 0.274. The van der Waals surface area contributed by atoms with Crippen molar-refractivity contribution < 1.29 is 14.0 Å². The number of halogens is 1. The molecule has 1 aliphatic heterocycles. The molecule has 1 saturated carbocycles. The molecule has 0 radical (unpaired) electrons. The van der Waals surface area contributed by atoms with Crippen molar-refractivity contribution in [3.63, 3.8) is 0 Å². The van der Waals surface area contributed by atoms with Crippen molar-refractivity contribution in [2.75, 3.05) is 26.2 Å². The first-order valence-corrected chi connectivity index (χ1v) is 17.4. The van der Waals surface area contributed by atoms with Crippen molar-refractivity contribution in [3.8, 4) is 16.8 Å². The average molecular weight is 693 g/mol. The van der Waals surface area contributed by atoms with E-state index in [0.29, 0.717) is 37.1 Å². The van der Waals surface area contributed by atoms with Crippen LogP contribution in [0.5, 0.6) is 0 Å². The normalized spacial score (nSPS) is 18.2. The summed E-state index contributed by atoms with van der Waals surface area (Å²) in [6.45, 7) is 7.39. The number of carbonyl (C=O) groups excluding carboxylic acids is 2. The molecular weight excluding hydrogens is 651 g/mol. The van der Waals surface area contributed by atoms with Crippen LogP contribution in [0.15, 0.2) is 76.4 Å². The third-order valence-corrected chi connectivity index (χ3v) is 10.3. The van der Waals surface area contributed by atoms with Gasteiger partial charge in [0.15, 0.2) is 5.65 Å². The van der Waals surface area contributed by atoms with Gasteiger partial charge in [-0.25, -0.2) is 18.7 Å². The maximum atomic E-state index is 14.5. The maximum Gasteiger partial charge on any atom is 0.337 e. The maximum absolute atomic E-state index is 14.5. The van der Waals surface area contributed by atoms with E-state index in [9.17, 15) is 23.6 Å². The van der Waals surface area contributed by atoms with Gasteiger partial charge in [-0.1, -0.05) is 36.4 Å². The van der Waals surface area contributed by atoms with E-state index in [1.165, 1.54) is 9.13 Å². The van der Waals surface area contributed by atoms with Gasteiger partial charge >= 0.3 is 5.69 Å². The molecule has 4 heterocycles. The number of fused-ring (bicyclic) bond motifs is 1. The predicted octanol–water partition coefficient (Wildman–Crippen LogP) is 3.97. The SMILES string of the molecule is CC(=O)N1CCN(Cc2ccc(-c3cccc(-n4c(=O)n([C@H]5CC[C@@H](NC(=O)c6cc(C)n(C)n6)CC5)c(=O)c5cc(F)cnc54)c3)cc2)CC1. The zero-order chi connectivity index (χ0) is 35.8. The van der Waals surface area contributed by atoms with Gasteiger partial charge in [0.05, 0.1) is 17.3 Å². The number of hydrogen-bond donors (Lipinski definition) is 1. The van der Waals surface area contributed by atoms with Crippen LogP contribution in [0.3, 0.4) is 0 Å². The molecular formula is C38H41FN8O4. The van der Waals surface area contributed by atoms with Crippen LogP contribution in [-0.4, -0.2) is 77.7 Å². The van der Waals surface area contributed by atoms with Crippen molar-refractivity contribution in [1.29, 1.82) is 0 Å². The number of nitrogens with one attached hydrogen (secondary N) is 1. The number of pyridine rings is 1. The zero-order valence-corrected chi connectivity index (χ0v) is 29.0. The number of rotatable bonds is 7. The van der Waals surface area contributed by atoms with Gasteiger partial charge in [0.2, 0.25) is 5.91 Å². The van der Waals surface area contributed by atoms with Gasteiger partial charge in [-0.2, -0.15) is 5.10 Å². The van der Waals surface area contributed by atoms with E-state index in [2.05, 4.69) is 32.4 Å². The molecule has 1 N–H and O–H groups in total. The van der Waals surface area contributed by atoms with Crippen LogP contribution in [0.25, 0.3) is 27.8 Å². The molecule has 3 aromatic heterocycles. The summed E-state index contributed by atoms with van der Waals surface area (Å²) < 4.78 is 18.8. The second-order valence-corrected chi connectivity index (χ2v) is 13.6. The Morgan fingerprint density at radius 1 is 0.922 bits per heavy atom. The smallest absolute Gasteiger partial charge is 0.337 e. The number of aromatic nitrogens is 5. The van der Waals surface area contributed by atoms with Crippen LogP contribution >= 0.6 is 0 Å². The molecule has 13 heteroatoms. The van der Waals surface area contributed by atoms with Gasteiger partial charge in [-0.05, 0) is 73.6 Å². The highest BCUT2D eigenvalue weighted by Gasteiger charge is 2.29. The van der Waals surface area contributed by atoms with Gasteiger partial charge < -0.3 is 10.2 Å². The highest BCUT2D eigenvalue weighted by atomic mass is 19.1. The molecule has 2 aromatic carbocycles. The molecule has 2 aliphatic rings. The minimum Gasteiger partial charge on any atom is -0.348 e. The lowest BCUT2D eigenvalue weighted by atomic mass is 9.90. The van der Waals surface area contributed by atoms with E-state index >= 15 is 0 Å². The summed E-state index contributed by atoms with van der Waals surface area (Å²) in [5, 5.41) is 7.32. The first-order valence-electron chi connectivity index (χ1n) is 17.4. The Morgan fingerprint density at radius 2 is 1.65 bits per heavy atom. The second-order valence-electron chi connectivity index (χ2n) is 13.6. The highest BCUT2D eigenvalue weighted by molar-refractivity contribution is 5.92. The van der Waals surface area contributed by atoms with E-state index in [0.717, 1.165) is 67.4 Å². The molecule has 51 heavy (non-hydrogen) atoms. The van der Waals surface area contributed by atoms with Gasteiger partial charge in [-0.15, -0.1) is 0 Å². The molecule has 0 atom stereocenters. The minimum atomic E-state index is -0.665. The molecule has 1 saturated heterocycles. The number of carbonyl (C=O) groups is 2. The van der Waals surface area contributed by atoms with Crippen LogP contribution in [0.4, 0.5) is 4.39 Å². The lowest BCUT2D eigenvalue weighted by Crippen LogP contribution is -2.47. The fraction of sp³-hybridized carbons (Fsp3) is 0.368. The first-order chi connectivity index (χ1) is 24.5. The highest BCUT2D eigenvalue weighted by Crippen LogP contribution is 2.29. The summed E-state index contributed by atoms with van der Waals surface area (Å²) in [5.41, 5.74) is 3.68. The Morgan fingerprint density at radius 3 is 2.31 bits per heavy atom. The van der Waals surface area contributed by atoms with Crippen LogP contribution in [0.2, 0.25) is 0 Å². The molecule has 0 unspecified atom stereocenters. The molecule has 2 fully saturated rings. The number of amides is 2. The largest absolute Gasteiger partial charge is 0.348 e. The van der Waals surface area contributed by atoms with Crippen LogP contribution in [0.1, 0.15) is 60.4 Å². The van der Waals surface area contributed by atoms with Crippen LogP contribution in [0, 0.1) is 12.7 Å². The van der Waals surface area contributed by atoms with Crippen molar-refractivity contribution in [2.24, 2.45) is 7.05 Å². The standard InChI is InChI=1S/C38H41FN8O4/c1-24-19-34(42-43(24)3)36(49)41-30-11-13-31(14-12-30)47-37(50)33-21-29(39)22-40-35(33)46(38(47)51)32-6-4-5-28(20-32)27-9-7-26(8-10-27)23-44-15-17-45(18-16-44)25(2)48/h4-10,19-22,30-31H,11-18,23H2,1-3H3,(H,41,49)/t30-,31+. The Hall–Kier alpha value is -5.43. The topological polar surface area (TPSA) is 127 Å². The predicted molar refractivity (Wildman–Crippen MR) is 191 cm³/mol. The van der Waals surface area contributed by atoms with E-state index in [1.807, 2.05) is 42.2 Å². The van der Waals surface area contributed by atoms with Crippen molar-refractivity contribution in [3.05, 3.63) is 110 Å². The third kappa shape index (κ3) is 6.98. The van der Waals surface area contributed by atoms with E-state index < -0.39 is 23.1 Å². The number of aryl methyl sites for hydroxylation is 2. The number of benzene rings is 2. The Balaban J connectivity index is 1.13. The summed E-state index contributed by atoms with van der Waals surface area (Å²) in [7, 11) is 1.78. The van der Waals surface area contributed by atoms with Gasteiger partial charge in [-0.3, -0.25) is 28.5 Å². The summed E-state index contributed by atoms with van der Waals surface area (Å²) in [6, 6.07) is 18.0. The Labute approximate surface area is 294 Å².